The Morgan fingerprint density at radius 2 is 1.88 bits per heavy atom. The van der Waals surface area contributed by atoms with Gasteiger partial charge < -0.3 is 15.5 Å². The van der Waals surface area contributed by atoms with Crippen LogP contribution in [-0.4, -0.2) is 32.0 Å². The predicted molar refractivity (Wildman–Crippen MR) is 120 cm³/mol. The van der Waals surface area contributed by atoms with Gasteiger partial charge >= 0.3 is 0 Å². The van der Waals surface area contributed by atoms with Gasteiger partial charge in [-0.3, -0.25) is 9.79 Å². The summed E-state index contributed by atoms with van der Waals surface area (Å²) in [6, 6.07) is 8.20. The van der Waals surface area contributed by atoms with Crippen molar-refractivity contribution in [2.24, 2.45) is 10.4 Å². The Bertz CT molecular complexity index is 593. The van der Waals surface area contributed by atoms with Crippen molar-refractivity contribution >= 4 is 41.5 Å². The molecule has 0 saturated carbocycles. The van der Waals surface area contributed by atoms with Gasteiger partial charge in [0.2, 0.25) is 5.91 Å². The predicted octanol–water partition coefficient (Wildman–Crippen LogP) is 3.92. The first-order chi connectivity index (χ1) is 11.9. The number of anilines is 1. The lowest BCUT2D eigenvalue weighted by Gasteiger charge is -2.19. The van der Waals surface area contributed by atoms with E-state index in [2.05, 4.69) is 48.5 Å². The molecule has 6 heteroatoms. The normalized spacial score (nSPS) is 15.0. The molecular formula is C20H33IN4O. The Morgan fingerprint density at radius 1 is 1.19 bits per heavy atom. The van der Waals surface area contributed by atoms with Gasteiger partial charge in [-0.2, -0.15) is 0 Å². The van der Waals surface area contributed by atoms with Crippen LogP contribution in [0.5, 0.6) is 0 Å². The van der Waals surface area contributed by atoms with Crippen LogP contribution in [0.15, 0.2) is 29.3 Å². The highest BCUT2D eigenvalue weighted by Crippen LogP contribution is 2.21. The molecule has 2 N–H and O–H groups in total. The highest BCUT2D eigenvalue weighted by Gasteiger charge is 2.21. The molecule has 0 atom stereocenters. The summed E-state index contributed by atoms with van der Waals surface area (Å²) in [5, 5.41) is 6.70. The Balaban J connectivity index is 0.00000338. The third kappa shape index (κ3) is 7.51. The molecule has 1 aromatic rings. The number of nitrogens with one attached hydrogen (secondary N) is 2. The summed E-state index contributed by atoms with van der Waals surface area (Å²) in [5.74, 6) is 1.05. The molecule has 1 aromatic carbocycles. The van der Waals surface area contributed by atoms with Gasteiger partial charge in [0.1, 0.15) is 0 Å². The largest absolute Gasteiger partial charge is 0.356 e. The number of guanidine groups is 1. The number of halogens is 1. The molecular weight excluding hydrogens is 439 g/mol. The molecule has 1 aliphatic heterocycles. The summed E-state index contributed by atoms with van der Waals surface area (Å²) >= 11 is 0. The van der Waals surface area contributed by atoms with E-state index < -0.39 is 0 Å². The van der Waals surface area contributed by atoms with E-state index >= 15 is 0 Å². The summed E-state index contributed by atoms with van der Waals surface area (Å²) in [5.41, 5.74) is 2.54. The van der Waals surface area contributed by atoms with Crippen molar-refractivity contribution in [1.29, 1.82) is 0 Å². The summed E-state index contributed by atoms with van der Waals surface area (Å²) in [7, 11) is 1.79. The second-order valence-electron chi connectivity index (χ2n) is 7.83. The van der Waals surface area contributed by atoms with E-state index in [0.717, 1.165) is 37.6 Å². The third-order valence-electron chi connectivity index (χ3n) is 4.40. The third-order valence-corrected chi connectivity index (χ3v) is 4.40. The molecule has 1 heterocycles. The molecule has 0 aliphatic carbocycles. The highest BCUT2D eigenvalue weighted by atomic mass is 127. The van der Waals surface area contributed by atoms with E-state index in [0.29, 0.717) is 18.4 Å². The lowest BCUT2D eigenvalue weighted by atomic mass is 9.91. The average Bonchev–Trinajstić information content (AvgIpc) is 3.00. The van der Waals surface area contributed by atoms with Crippen LogP contribution in [0.25, 0.3) is 0 Å². The first-order valence-electron chi connectivity index (χ1n) is 9.23. The Kier molecular flexibility index (Phi) is 9.39. The SMILES string of the molecule is CN=C(NCCCC(C)(C)C)NCc1ccc(N2CCCC2=O)cc1.I. The molecule has 0 spiro atoms. The van der Waals surface area contributed by atoms with Crippen molar-refractivity contribution < 1.29 is 4.79 Å². The van der Waals surface area contributed by atoms with E-state index in [1.807, 2.05) is 17.0 Å². The van der Waals surface area contributed by atoms with Gasteiger partial charge in [0.25, 0.3) is 0 Å². The molecule has 1 aliphatic rings. The molecule has 0 bridgehead atoms. The minimum atomic E-state index is 0. The van der Waals surface area contributed by atoms with E-state index in [1.54, 1.807) is 7.05 Å². The maximum Gasteiger partial charge on any atom is 0.227 e. The Labute approximate surface area is 175 Å². The number of benzene rings is 1. The molecule has 1 fully saturated rings. The van der Waals surface area contributed by atoms with Gasteiger partial charge in [0.15, 0.2) is 5.96 Å². The van der Waals surface area contributed by atoms with E-state index in [9.17, 15) is 4.79 Å². The standard InChI is InChI=1S/C20H32N4O.HI/c1-20(2,3)12-6-13-22-19(21-4)23-15-16-8-10-17(11-9-16)24-14-5-7-18(24)25;/h8-11H,5-7,12-15H2,1-4H3,(H2,21,22,23);1H. The van der Waals surface area contributed by atoms with Gasteiger partial charge in [0, 0.05) is 38.8 Å². The van der Waals surface area contributed by atoms with Crippen molar-refractivity contribution in [2.75, 3.05) is 25.0 Å². The maximum absolute atomic E-state index is 11.8. The van der Waals surface area contributed by atoms with Crippen LogP contribution in [0.3, 0.4) is 0 Å². The van der Waals surface area contributed by atoms with Crippen LogP contribution >= 0.6 is 24.0 Å². The van der Waals surface area contributed by atoms with Gasteiger partial charge in [-0.1, -0.05) is 32.9 Å². The summed E-state index contributed by atoms with van der Waals surface area (Å²) in [6.45, 7) is 9.26. The Hall–Kier alpha value is -1.31. The van der Waals surface area contributed by atoms with Crippen LogP contribution in [0, 0.1) is 5.41 Å². The van der Waals surface area contributed by atoms with Crippen LogP contribution in [0.4, 0.5) is 5.69 Å². The van der Waals surface area contributed by atoms with Crippen LogP contribution in [0.1, 0.15) is 52.0 Å². The molecule has 0 unspecified atom stereocenters. The zero-order chi connectivity index (χ0) is 18.3. The van der Waals surface area contributed by atoms with Crippen molar-refractivity contribution in [2.45, 2.75) is 53.0 Å². The monoisotopic (exact) mass is 472 g/mol. The van der Waals surface area contributed by atoms with Gasteiger partial charge in [-0.05, 0) is 42.4 Å². The highest BCUT2D eigenvalue weighted by molar-refractivity contribution is 14.0. The molecule has 5 nitrogen and oxygen atoms in total. The number of carbonyl (C=O) groups excluding carboxylic acids is 1. The molecule has 0 radical (unpaired) electrons. The van der Waals surface area contributed by atoms with Crippen LogP contribution < -0.4 is 15.5 Å². The van der Waals surface area contributed by atoms with Crippen LogP contribution in [0.2, 0.25) is 0 Å². The fourth-order valence-corrected chi connectivity index (χ4v) is 2.95. The quantitative estimate of drug-likeness (QED) is 0.286. The second-order valence-corrected chi connectivity index (χ2v) is 7.83. The molecule has 1 amide bonds. The Morgan fingerprint density at radius 3 is 2.42 bits per heavy atom. The fraction of sp³-hybridized carbons (Fsp3) is 0.600. The topological polar surface area (TPSA) is 56.7 Å². The number of nitrogens with zero attached hydrogens (tertiary/aromatic N) is 2. The number of hydrogen-bond donors (Lipinski definition) is 2. The smallest absolute Gasteiger partial charge is 0.227 e. The lowest BCUT2D eigenvalue weighted by Crippen LogP contribution is -2.37. The fourth-order valence-electron chi connectivity index (χ4n) is 2.95. The minimum Gasteiger partial charge on any atom is -0.356 e. The average molecular weight is 472 g/mol. The second kappa shape index (κ2) is 10.7. The molecule has 1 saturated heterocycles. The minimum absolute atomic E-state index is 0. The van der Waals surface area contributed by atoms with Crippen molar-refractivity contribution in [1.82, 2.24) is 10.6 Å². The number of rotatable bonds is 6. The van der Waals surface area contributed by atoms with Crippen molar-refractivity contribution in [3.63, 3.8) is 0 Å². The molecule has 0 aromatic heterocycles. The van der Waals surface area contributed by atoms with E-state index in [-0.39, 0.29) is 29.9 Å². The summed E-state index contributed by atoms with van der Waals surface area (Å²) < 4.78 is 0. The number of hydrogen-bond acceptors (Lipinski definition) is 2. The van der Waals surface area contributed by atoms with Crippen molar-refractivity contribution in [3.05, 3.63) is 29.8 Å². The molecule has 146 valence electrons. The van der Waals surface area contributed by atoms with E-state index in [1.165, 1.54) is 12.0 Å². The van der Waals surface area contributed by atoms with Crippen LogP contribution in [-0.2, 0) is 11.3 Å². The summed E-state index contributed by atoms with van der Waals surface area (Å²) in [4.78, 5) is 17.9. The number of aliphatic imine (C=N–C) groups is 1. The maximum atomic E-state index is 11.8. The zero-order valence-corrected chi connectivity index (χ0v) is 18.8. The van der Waals surface area contributed by atoms with Gasteiger partial charge in [-0.15, -0.1) is 24.0 Å². The molecule has 2 rings (SSSR count). The zero-order valence-electron chi connectivity index (χ0n) is 16.5. The summed E-state index contributed by atoms with van der Waals surface area (Å²) in [6.07, 6.45) is 3.94. The number of amides is 1. The first kappa shape index (κ1) is 22.7. The van der Waals surface area contributed by atoms with Crippen molar-refractivity contribution in [3.8, 4) is 0 Å². The first-order valence-corrected chi connectivity index (χ1v) is 9.23. The van der Waals surface area contributed by atoms with E-state index in [4.69, 9.17) is 0 Å². The molecule has 26 heavy (non-hydrogen) atoms. The lowest BCUT2D eigenvalue weighted by molar-refractivity contribution is -0.117. The number of carbonyl (C=O) groups is 1. The van der Waals surface area contributed by atoms with Gasteiger partial charge in [-0.25, -0.2) is 0 Å². The van der Waals surface area contributed by atoms with Gasteiger partial charge in [0.05, 0.1) is 0 Å².